The number of nitrogens with zero attached hydrogens (tertiary/aromatic N) is 1. The number of nitro groups is 1. The zero-order valence-electron chi connectivity index (χ0n) is 10.8. The molecule has 0 fully saturated rings. The van der Waals surface area contributed by atoms with Crippen LogP contribution in [-0.4, -0.2) is 24.9 Å². The van der Waals surface area contributed by atoms with Gasteiger partial charge in [0.2, 0.25) is 11.5 Å². The standard InChI is InChI=1S/C13H11NO5S/c1-18-10-7-8(12(15)11-4-3-5-20-11)6-9(14(16)17)13(10)19-2/h3-7H,1-2H3. The fourth-order valence-corrected chi connectivity index (χ4v) is 2.45. The Morgan fingerprint density at radius 3 is 2.55 bits per heavy atom. The highest BCUT2D eigenvalue weighted by Gasteiger charge is 2.24. The molecule has 0 bridgehead atoms. The first-order valence-corrected chi connectivity index (χ1v) is 6.45. The first-order chi connectivity index (χ1) is 9.58. The zero-order valence-corrected chi connectivity index (χ0v) is 11.6. The molecule has 1 heterocycles. The Balaban J connectivity index is 2.58. The zero-order chi connectivity index (χ0) is 14.7. The molecule has 20 heavy (non-hydrogen) atoms. The first kappa shape index (κ1) is 14.0. The van der Waals surface area contributed by atoms with E-state index < -0.39 is 4.92 Å². The van der Waals surface area contributed by atoms with Gasteiger partial charge in [-0.2, -0.15) is 0 Å². The monoisotopic (exact) mass is 293 g/mol. The van der Waals surface area contributed by atoms with Crippen LogP contribution in [0.3, 0.4) is 0 Å². The summed E-state index contributed by atoms with van der Waals surface area (Å²) in [5, 5.41) is 12.8. The molecule has 2 aromatic rings. The number of thiophene rings is 1. The molecule has 0 radical (unpaired) electrons. The van der Waals surface area contributed by atoms with E-state index in [2.05, 4.69) is 0 Å². The summed E-state index contributed by atoms with van der Waals surface area (Å²) in [6.07, 6.45) is 0. The van der Waals surface area contributed by atoms with Crippen LogP contribution in [0.2, 0.25) is 0 Å². The summed E-state index contributed by atoms with van der Waals surface area (Å²) in [5.74, 6) is -0.133. The summed E-state index contributed by atoms with van der Waals surface area (Å²) in [5.41, 5.74) is -0.108. The Labute approximate surface area is 118 Å². The highest BCUT2D eigenvalue weighted by molar-refractivity contribution is 7.12. The number of methoxy groups -OCH3 is 2. The smallest absolute Gasteiger partial charge is 0.315 e. The van der Waals surface area contributed by atoms with Gasteiger partial charge in [0.1, 0.15) is 0 Å². The molecule has 0 saturated carbocycles. The molecular weight excluding hydrogens is 282 g/mol. The Bertz CT molecular complexity index is 651. The average Bonchev–Trinajstić information content (AvgIpc) is 2.98. The van der Waals surface area contributed by atoms with Crippen LogP contribution in [-0.2, 0) is 0 Å². The van der Waals surface area contributed by atoms with Crippen molar-refractivity contribution in [2.75, 3.05) is 14.2 Å². The van der Waals surface area contributed by atoms with Crippen LogP contribution in [0, 0.1) is 10.1 Å². The van der Waals surface area contributed by atoms with E-state index >= 15 is 0 Å². The maximum Gasteiger partial charge on any atom is 0.315 e. The van der Waals surface area contributed by atoms with Gasteiger partial charge in [-0.25, -0.2) is 0 Å². The van der Waals surface area contributed by atoms with Crippen LogP contribution in [0.25, 0.3) is 0 Å². The highest BCUT2D eigenvalue weighted by Crippen LogP contribution is 2.38. The molecule has 1 aromatic carbocycles. The lowest BCUT2D eigenvalue weighted by atomic mass is 10.1. The van der Waals surface area contributed by atoms with E-state index in [0.29, 0.717) is 4.88 Å². The maximum atomic E-state index is 12.2. The average molecular weight is 293 g/mol. The van der Waals surface area contributed by atoms with Crippen LogP contribution in [0.5, 0.6) is 11.5 Å². The summed E-state index contributed by atoms with van der Waals surface area (Å²) in [4.78, 5) is 23.2. The molecule has 0 atom stereocenters. The van der Waals surface area contributed by atoms with Crippen LogP contribution < -0.4 is 9.47 Å². The number of hydrogen-bond acceptors (Lipinski definition) is 6. The van der Waals surface area contributed by atoms with E-state index in [1.54, 1.807) is 17.5 Å². The molecule has 0 aliphatic rings. The summed E-state index contributed by atoms with van der Waals surface area (Å²) in [7, 11) is 2.67. The lowest BCUT2D eigenvalue weighted by Crippen LogP contribution is -2.03. The predicted molar refractivity (Wildman–Crippen MR) is 74.0 cm³/mol. The van der Waals surface area contributed by atoms with Crippen molar-refractivity contribution < 1.29 is 19.2 Å². The number of benzene rings is 1. The Kier molecular flexibility index (Phi) is 3.99. The third kappa shape index (κ3) is 2.48. The fourth-order valence-electron chi connectivity index (χ4n) is 1.76. The van der Waals surface area contributed by atoms with Crippen molar-refractivity contribution >= 4 is 22.8 Å². The summed E-state index contributed by atoms with van der Waals surface area (Å²) >= 11 is 1.27. The van der Waals surface area contributed by atoms with Crippen molar-refractivity contribution in [3.8, 4) is 11.5 Å². The Hall–Kier alpha value is -2.41. The molecule has 2 rings (SSSR count). The van der Waals surface area contributed by atoms with E-state index in [1.165, 1.54) is 37.7 Å². The lowest BCUT2D eigenvalue weighted by Gasteiger charge is -2.09. The lowest BCUT2D eigenvalue weighted by molar-refractivity contribution is -0.385. The number of carbonyl (C=O) groups is 1. The Morgan fingerprint density at radius 1 is 1.30 bits per heavy atom. The molecule has 0 spiro atoms. The van der Waals surface area contributed by atoms with E-state index in [1.807, 2.05) is 0 Å². The maximum absolute atomic E-state index is 12.2. The third-order valence-corrected chi connectivity index (χ3v) is 3.53. The van der Waals surface area contributed by atoms with Crippen LogP contribution in [0.1, 0.15) is 15.2 Å². The van der Waals surface area contributed by atoms with Gasteiger partial charge < -0.3 is 9.47 Å². The minimum absolute atomic E-state index is 0.000213. The number of hydrogen-bond donors (Lipinski definition) is 0. The van der Waals surface area contributed by atoms with Gasteiger partial charge >= 0.3 is 5.69 Å². The summed E-state index contributed by atoms with van der Waals surface area (Å²) < 4.78 is 10.0. The van der Waals surface area contributed by atoms with Crippen molar-refractivity contribution in [3.63, 3.8) is 0 Å². The molecule has 7 heteroatoms. The van der Waals surface area contributed by atoms with Gasteiger partial charge in [-0.05, 0) is 17.5 Å². The van der Waals surface area contributed by atoms with E-state index in [0.717, 1.165) is 0 Å². The minimum Gasteiger partial charge on any atom is -0.493 e. The second kappa shape index (κ2) is 5.70. The van der Waals surface area contributed by atoms with Gasteiger partial charge in [0.15, 0.2) is 5.75 Å². The largest absolute Gasteiger partial charge is 0.493 e. The number of carbonyl (C=O) groups excluding carboxylic acids is 1. The van der Waals surface area contributed by atoms with Gasteiger partial charge in [0.05, 0.1) is 24.0 Å². The van der Waals surface area contributed by atoms with Crippen molar-refractivity contribution in [1.82, 2.24) is 0 Å². The first-order valence-electron chi connectivity index (χ1n) is 5.57. The number of nitro benzene ring substituents is 1. The summed E-state index contributed by atoms with van der Waals surface area (Å²) in [6.45, 7) is 0. The van der Waals surface area contributed by atoms with Crippen molar-refractivity contribution in [2.45, 2.75) is 0 Å². The molecule has 0 saturated heterocycles. The van der Waals surface area contributed by atoms with Crippen molar-refractivity contribution in [2.24, 2.45) is 0 Å². The molecular formula is C13H11NO5S. The van der Waals surface area contributed by atoms with Crippen LogP contribution in [0.4, 0.5) is 5.69 Å². The third-order valence-electron chi connectivity index (χ3n) is 2.66. The fraction of sp³-hybridized carbons (Fsp3) is 0.154. The second-order valence-corrected chi connectivity index (χ2v) is 4.74. The molecule has 0 N–H and O–H groups in total. The normalized spacial score (nSPS) is 10.1. The second-order valence-electron chi connectivity index (χ2n) is 3.79. The number of ether oxygens (including phenoxy) is 2. The topological polar surface area (TPSA) is 78.7 Å². The Morgan fingerprint density at radius 2 is 2.05 bits per heavy atom. The summed E-state index contributed by atoms with van der Waals surface area (Å²) in [6, 6.07) is 6.04. The molecule has 1 aromatic heterocycles. The number of rotatable bonds is 5. The predicted octanol–water partition coefficient (Wildman–Crippen LogP) is 2.90. The van der Waals surface area contributed by atoms with Gasteiger partial charge in [0.25, 0.3) is 0 Å². The highest BCUT2D eigenvalue weighted by atomic mass is 32.1. The molecule has 0 aliphatic heterocycles. The van der Waals surface area contributed by atoms with Gasteiger partial charge in [0, 0.05) is 11.6 Å². The van der Waals surface area contributed by atoms with Crippen molar-refractivity contribution in [1.29, 1.82) is 0 Å². The van der Waals surface area contributed by atoms with Crippen LogP contribution in [0.15, 0.2) is 29.6 Å². The molecule has 0 unspecified atom stereocenters. The quantitative estimate of drug-likeness (QED) is 0.481. The van der Waals surface area contributed by atoms with Gasteiger partial charge in [-0.1, -0.05) is 6.07 Å². The van der Waals surface area contributed by atoms with Gasteiger partial charge in [-0.15, -0.1) is 11.3 Å². The van der Waals surface area contributed by atoms with Gasteiger partial charge in [-0.3, -0.25) is 14.9 Å². The van der Waals surface area contributed by atoms with E-state index in [9.17, 15) is 14.9 Å². The SMILES string of the molecule is COc1cc(C(=O)c2cccs2)cc([N+](=O)[O-])c1OC. The van der Waals surface area contributed by atoms with E-state index in [-0.39, 0.29) is 28.5 Å². The van der Waals surface area contributed by atoms with E-state index in [4.69, 9.17) is 9.47 Å². The molecule has 6 nitrogen and oxygen atoms in total. The molecule has 0 aliphatic carbocycles. The van der Waals surface area contributed by atoms with Crippen LogP contribution >= 0.6 is 11.3 Å². The molecule has 104 valence electrons. The minimum atomic E-state index is -0.605. The number of ketones is 1. The molecule has 0 amide bonds. The van der Waals surface area contributed by atoms with Crippen molar-refractivity contribution in [3.05, 3.63) is 50.2 Å².